The van der Waals surface area contributed by atoms with E-state index >= 15 is 0 Å². The lowest BCUT2D eigenvalue weighted by Crippen LogP contribution is -2.56. The van der Waals surface area contributed by atoms with E-state index in [2.05, 4.69) is 10.3 Å². The summed E-state index contributed by atoms with van der Waals surface area (Å²) in [6.07, 6.45) is 3.34. The summed E-state index contributed by atoms with van der Waals surface area (Å²) < 4.78 is 13.0. The first kappa shape index (κ1) is 12.3. The van der Waals surface area contributed by atoms with Gasteiger partial charge in [-0.1, -0.05) is 11.6 Å². The molecule has 0 unspecified atom stereocenters. The molecule has 0 bridgehead atoms. The Kier molecular flexibility index (Phi) is 3.31. The minimum absolute atomic E-state index is 0.00797. The van der Waals surface area contributed by atoms with E-state index in [1.54, 1.807) is 0 Å². The number of pyridine rings is 1. The number of carbonyl (C=O) groups is 1. The van der Waals surface area contributed by atoms with Crippen molar-refractivity contribution in [2.75, 3.05) is 6.61 Å². The van der Waals surface area contributed by atoms with E-state index in [0.29, 0.717) is 0 Å². The standard InChI is InChI=1S/C11H12ClFN2O2/c12-9-8(4-7(13)5-14-9)10(17)15-11(6-16)2-1-3-11/h4-5,16H,1-3,6H2,(H,15,17). The van der Waals surface area contributed by atoms with Gasteiger partial charge in [0.1, 0.15) is 11.0 Å². The Morgan fingerprint density at radius 2 is 2.35 bits per heavy atom. The average molecular weight is 259 g/mol. The average Bonchev–Trinajstić information content (AvgIpc) is 2.26. The third-order valence-corrected chi connectivity index (χ3v) is 3.34. The van der Waals surface area contributed by atoms with E-state index in [4.69, 9.17) is 11.6 Å². The highest BCUT2D eigenvalue weighted by Gasteiger charge is 2.38. The van der Waals surface area contributed by atoms with Gasteiger partial charge in [0.2, 0.25) is 0 Å². The number of aromatic nitrogens is 1. The second kappa shape index (κ2) is 4.58. The zero-order valence-corrected chi connectivity index (χ0v) is 9.80. The number of aliphatic hydroxyl groups excluding tert-OH is 1. The van der Waals surface area contributed by atoms with Gasteiger partial charge in [-0.15, -0.1) is 0 Å². The Morgan fingerprint density at radius 3 is 2.88 bits per heavy atom. The summed E-state index contributed by atoms with van der Waals surface area (Å²) in [6.45, 7) is -0.126. The highest BCUT2D eigenvalue weighted by molar-refractivity contribution is 6.32. The topological polar surface area (TPSA) is 62.2 Å². The Hall–Kier alpha value is -1.20. The number of halogens is 2. The van der Waals surface area contributed by atoms with Crippen LogP contribution in [0.4, 0.5) is 4.39 Å². The van der Waals surface area contributed by atoms with Crippen molar-refractivity contribution < 1.29 is 14.3 Å². The first-order chi connectivity index (χ1) is 8.06. The van der Waals surface area contributed by atoms with Crippen LogP contribution < -0.4 is 5.32 Å². The first-order valence-electron chi connectivity index (χ1n) is 5.31. The van der Waals surface area contributed by atoms with Crippen molar-refractivity contribution in [3.63, 3.8) is 0 Å². The van der Waals surface area contributed by atoms with Crippen molar-refractivity contribution in [2.45, 2.75) is 24.8 Å². The van der Waals surface area contributed by atoms with Gasteiger partial charge in [0, 0.05) is 0 Å². The van der Waals surface area contributed by atoms with Crippen LogP contribution in [-0.2, 0) is 0 Å². The fourth-order valence-electron chi connectivity index (χ4n) is 1.82. The van der Waals surface area contributed by atoms with E-state index in [1.165, 1.54) is 0 Å². The Balaban J connectivity index is 2.17. The maximum absolute atomic E-state index is 13.0. The Bertz CT molecular complexity index is 444. The minimum atomic E-state index is -0.619. The van der Waals surface area contributed by atoms with E-state index < -0.39 is 17.3 Å². The van der Waals surface area contributed by atoms with Gasteiger partial charge < -0.3 is 10.4 Å². The molecule has 2 rings (SSSR count). The van der Waals surface area contributed by atoms with Crippen LogP contribution in [-0.4, -0.2) is 28.1 Å². The summed E-state index contributed by atoms with van der Waals surface area (Å²) in [6, 6.07) is 1.04. The van der Waals surface area contributed by atoms with E-state index in [-0.39, 0.29) is 17.3 Å². The fourth-order valence-corrected chi connectivity index (χ4v) is 2.01. The quantitative estimate of drug-likeness (QED) is 0.808. The lowest BCUT2D eigenvalue weighted by molar-refractivity contribution is 0.0641. The van der Waals surface area contributed by atoms with Crippen LogP contribution in [0.1, 0.15) is 29.6 Å². The summed E-state index contributed by atoms with van der Waals surface area (Å²) >= 11 is 5.72. The van der Waals surface area contributed by atoms with Crippen LogP contribution in [0.3, 0.4) is 0 Å². The molecule has 1 saturated carbocycles. The SMILES string of the molecule is O=C(NC1(CO)CCC1)c1cc(F)cnc1Cl. The summed E-state index contributed by atoms with van der Waals surface area (Å²) in [4.78, 5) is 15.4. The summed E-state index contributed by atoms with van der Waals surface area (Å²) in [5, 5.41) is 11.9. The third kappa shape index (κ3) is 2.40. The number of carbonyl (C=O) groups excluding carboxylic acids is 1. The van der Waals surface area contributed by atoms with Gasteiger partial charge in [0.15, 0.2) is 0 Å². The van der Waals surface area contributed by atoms with Crippen LogP contribution in [0.15, 0.2) is 12.3 Å². The largest absolute Gasteiger partial charge is 0.394 e. The van der Waals surface area contributed by atoms with Gasteiger partial charge in [-0.3, -0.25) is 4.79 Å². The van der Waals surface area contributed by atoms with Crippen molar-refractivity contribution in [1.29, 1.82) is 0 Å². The van der Waals surface area contributed by atoms with Crippen molar-refractivity contribution in [1.82, 2.24) is 10.3 Å². The molecule has 1 heterocycles. The summed E-state index contributed by atoms with van der Waals surface area (Å²) in [5.74, 6) is -1.12. The molecule has 0 atom stereocenters. The molecule has 6 heteroatoms. The molecular formula is C11H12ClFN2O2. The second-order valence-corrected chi connectivity index (χ2v) is 4.60. The van der Waals surface area contributed by atoms with Crippen molar-refractivity contribution in [2.24, 2.45) is 0 Å². The molecule has 92 valence electrons. The molecule has 0 saturated heterocycles. The molecule has 1 aliphatic carbocycles. The number of rotatable bonds is 3. The van der Waals surface area contributed by atoms with Gasteiger partial charge in [-0.05, 0) is 25.3 Å². The monoisotopic (exact) mass is 258 g/mol. The molecular weight excluding hydrogens is 247 g/mol. The van der Waals surface area contributed by atoms with Crippen LogP contribution in [0.5, 0.6) is 0 Å². The molecule has 0 aliphatic heterocycles. The van der Waals surface area contributed by atoms with Gasteiger partial charge in [0.25, 0.3) is 5.91 Å². The zero-order valence-electron chi connectivity index (χ0n) is 9.04. The molecule has 1 amide bonds. The van der Waals surface area contributed by atoms with Crippen LogP contribution in [0.25, 0.3) is 0 Å². The van der Waals surface area contributed by atoms with E-state index in [0.717, 1.165) is 31.5 Å². The highest BCUT2D eigenvalue weighted by atomic mass is 35.5. The first-order valence-corrected chi connectivity index (χ1v) is 5.68. The molecule has 1 aromatic heterocycles. The second-order valence-electron chi connectivity index (χ2n) is 4.24. The van der Waals surface area contributed by atoms with Crippen molar-refractivity contribution in [3.8, 4) is 0 Å². The molecule has 0 spiro atoms. The smallest absolute Gasteiger partial charge is 0.255 e. The third-order valence-electron chi connectivity index (χ3n) is 3.04. The van der Waals surface area contributed by atoms with Gasteiger partial charge in [-0.25, -0.2) is 9.37 Å². The Labute approximate surface area is 103 Å². The van der Waals surface area contributed by atoms with Gasteiger partial charge >= 0.3 is 0 Å². The van der Waals surface area contributed by atoms with E-state index in [9.17, 15) is 14.3 Å². The van der Waals surface area contributed by atoms with Crippen LogP contribution in [0, 0.1) is 5.82 Å². The molecule has 17 heavy (non-hydrogen) atoms. The summed E-state index contributed by atoms with van der Waals surface area (Å²) in [5.41, 5.74) is -0.585. The maximum atomic E-state index is 13.0. The number of hydrogen-bond donors (Lipinski definition) is 2. The van der Waals surface area contributed by atoms with Gasteiger partial charge in [0.05, 0.1) is 23.9 Å². The number of hydrogen-bond acceptors (Lipinski definition) is 3. The predicted molar refractivity (Wildman–Crippen MR) is 60.3 cm³/mol. The molecule has 2 N–H and O–H groups in total. The Morgan fingerprint density at radius 1 is 1.65 bits per heavy atom. The normalized spacial score (nSPS) is 17.4. The lowest BCUT2D eigenvalue weighted by atomic mass is 9.77. The molecule has 0 radical (unpaired) electrons. The molecule has 1 fully saturated rings. The van der Waals surface area contributed by atoms with Crippen molar-refractivity contribution >= 4 is 17.5 Å². The summed E-state index contributed by atoms with van der Waals surface area (Å²) in [7, 11) is 0. The van der Waals surface area contributed by atoms with Gasteiger partial charge in [-0.2, -0.15) is 0 Å². The molecule has 0 aromatic carbocycles. The van der Waals surface area contributed by atoms with Crippen LogP contribution in [0.2, 0.25) is 5.15 Å². The molecule has 4 nitrogen and oxygen atoms in total. The number of amides is 1. The van der Waals surface area contributed by atoms with Crippen molar-refractivity contribution in [3.05, 3.63) is 28.8 Å². The fraction of sp³-hybridized carbons (Fsp3) is 0.455. The zero-order chi connectivity index (χ0) is 12.5. The lowest BCUT2D eigenvalue weighted by Gasteiger charge is -2.40. The number of nitrogens with one attached hydrogen (secondary N) is 1. The van der Waals surface area contributed by atoms with E-state index in [1.807, 2.05) is 0 Å². The van der Waals surface area contributed by atoms with Crippen LogP contribution >= 0.6 is 11.6 Å². The number of nitrogens with zero attached hydrogens (tertiary/aromatic N) is 1. The molecule has 1 aliphatic rings. The molecule has 1 aromatic rings. The maximum Gasteiger partial charge on any atom is 0.255 e. The minimum Gasteiger partial charge on any atom is -0.394 e. The predicted octanol–water partition coefficient (Wildman–Crippen LogP) is 1.52. The number of aliphatic hydroxyl groups is 1. The highest BCUT2D eigenvalue weighted by Crippen LogP contribution is 2.31.